The Kier molecular flexibility index (Phi) is 7.54. The molecule has 0 aliphatic heterocycles. The molecule has 0 spiro atoms. The Labute approximate surface area is 253 Å². The first-order valence-electron chi connectivity index (χ1n) is 14.2. The van der Waals surface area contributed by atoms with Gasteiger partial charge in [0, 0.05) is 47.9 Å². The molecule has 0 atom stereocenters. The van der Waals surface area contributed by atoms with Crippen LogP contribution in [-0.2, 0) is 22.7 Å². The molecule has 44 heavy (non-hydrogen) atoms. The van der Waals surface area contributed by atoms with Crippen molar-refractivity contribution in [3.8, 4) is 39.3 Å². The van der Waals surface area contributed by atoms with Crippen LogP contribution in [0.5, 0.6) is 0 Å². The molecule has 0 saturated heterocycles. The number of alkyl halides is 3. The van der Waals surface area contributed by atoms with E-state index < -0.39 is 22.0 Å². The van der Waals surface area contributed by atoms with Crippen molar-refractivity contribution in [2.24, 2.45) is 0 Å². The minimum Gasteiger partial charge on any atom is -0.384 e. The second-order valence-corrected chi connectivity index (χ2v) is 12.1. The van der Waals surface area contributed by atoms with Gasteiger partial charge in [0.15, 0.2) is 5.69 Å². The maximum atomic E-state index is 13.7. The van der Waals surface area contributed by atoms with E-state index in [9.17, 15) is 26.1 Å². The van der Waals surface area contributed by atoms with Crippen molar-refractivity contribution in [3.63, 3.8) is 0 Å². The Hall–Kier alpha value is -4.48. The summed E-state index contributed by atoms with van der Waals surface area (Å²) in [5.74, 6) is 0.0749. The lowest BCUT2D eigenvalue weighted by atomic mass is 9.96. The molecule has 2 heterocycles. The molecule has 2 aromatic heterocycles. The van der Waals surface area contributed by atoms with Gasteiger partial charge in [-0.05, 0) is 71.5 Å². The van der Waals surface area contributed by atoms with Crippen LogP contribution in [0.2, 0.25) is 0 Å². The highest BCUT2D eigenvalue weighted by Crippen LogP contribution is 2.47. The predicted octanol–water partition coefficient (Wildman–Crippen LogP) is 7.96. The number of benzene rings is 3. The van der Waals surface area contributed by atoms with E-state index >= 15 is 0 Å². The summed E-state index contributed by atoms with van der Waals surface area (Å²) in [6, 6.07) is 19.4. The number of fused-ring (bicyclic) bond motifs is 3. The summed E-state index contributed by atoms with van der Waals surface area (Å²) >= 11 is 0. The maximum Gasteiger partial charge on any atom is 0.434 e. The number of halogens is 3. The van der Waals surface area contributed by atoms with Gasteiger partial charge in [0.1, 0.15) is 10.7 Å². The number of aromatic nitrogens is 3. The molecule has 0 saturated carbocycles. The molecule has 0 unspecified atom stereocenters. The zero-order valence-corrected chi connectivity index (χ0v) is 24.8. The lowest BCUT2D eigenvalue weighted by molar-refractivity contribution is -0.140. The topological polar surface area (TPSA) is 97.1 Å². The normalized spacial score (nSPS) is 12.7. The Morgan fingerprint density at radius 3 is 2.39 bits per heavy atom. The zero-order valence-electron chi connectivity index (χ0n) is 24.0. The summed E-state index contributed by atoms with van der Waals surface area (Å²) in [4.78, 5) is 7.89. The summed E-state index contributed by atoms with van der Waals surface area (Å²) in [6.45, 7) is 4.24. The van der Waals surface area contributed by atoms with E-state index in [2.05, 4.69) is 15.3 Å². The average Bonchev–Trinajstić information content (AvgIpc) is 3.59. The van der Waals surface area contributed by atoms with Gasteiger partial charge >= 0.3 is 6.18 Å². The van der Waals surface area contributed by atoms with Gasteiger partial charge in [-0.1, -0.05) is 49.7 Å². The number of hydrogen-bond acceptors (Lipinski definition) is 5. The fraction of sp³-hybridized carbons (Fsp3) is 0.212. The van der Waals surface area contributed by atoms with Crippen LogP contribution in [0.4, 0.5) is 18.9 Å². The first-order chi connectivity index (χ1) is 21.0. The molecule has 11 heteroatoms. The van der Waals surface area contributed by atoms with Gasteiger partial charge in [-0.25, -0.2) is 4.98 Å². The number of unbranched alkanes of at least 4 members (excludes halogenated alkanes) is 1. The molecular weight excluding hydrogens is 589 g/mol. The van der Waals surface area contributed by atoms with Gasteiger partial charge in [-0.15, -0.1) is 0 Å². The quantitative estimate of drug-likeness (QED) is 0.133. The second-order valence-electron chi connectivity index (χ2n) is 10.7. The molecule has 226 valence electrons. The number of hydrogen-bond donors (Lipinski definition) is 2. The molecule has 0 bridgehead atoms. The molecule has 0 radical (unpaired) electrons. The molecule has 6 rings (SSSR count). The molecule has 0 amide bonds. The van der Waals surface area contributed by atoms with Crippen molar-refractivity contribution in [1.29, 1.82) is 0 Å². The van der Waals surface area contributed by atoms with Crippen molar-refractivity contribution >= 4 is 15.8 Å². The van der Waals surface area contributed by atoms with Crippen molar-refractivity contribution in [2.45, 2.75) is 44.2 Å². The minimum absolute atomic E-state index is 0.0749. The SMILES string of the molecule is CCCCNc1c2c(cc(-c3ccc(-n4cc(C(F)(F)F)nc4-c4cccnc4C)cc3)c1S(=O)(=O)O)-c1ccccc1C2. The number of pyridine rings is 1. The Morgan fingerprint density at radius 1 is 0.977 bits per heavy atom. The largest absolute Gasteiger partial charge is 0.434 e. The van der Waals surface area contributed by atoms with Gasteiger partial charge in [0.05, 0.1) is 5.69 Å². The Bertz CT molecular complexity index is 1990. The molecule has 5 aromatic rings. The standard InChI is InChI=1S/C33H29F3N4O3S/c1-3-4-15-38-30-28-17-22-8-5-6-9-25(22)27(28)18-26(31(30)44(41,42)43)21-11-13-23(14-12-21)40-19-29(33(34,35)36)39-32(40)24-10-7-16-37-20(24)2/h5-14,16,18-19,38H,3-4,15,17H2,1-2H3,(H,41,42,43). The summed E-state index contributed by atoms with van der Waals surface area (Å²) < 4.78 is 79.0. The number of anilines is 1. The van der Waals surface area contributed by atoms with Gasteiger partial charge in [0.2, 0.25) is 0 Å². The third kappa shape index (κ3) is 5.37. The molecule has 0 fully saturated rings. The van der Waals surface area contributed by atoms with E-state index in [1.54, 1.807) is 55.6 Å². The smallest absolute Gasteiger partial charge is 0.384 e. The Morgan fingerprint density at radius 2 is 1.70 bits per heavy atom. The van der Waals surface area contributed by atoms with Crippen molar-refractivity contribution in [2.75, 3.05) is 11.9 Å². The summed E-state index contributed by atoms with van der Waals surface area (Å²) in [7, 11) is -4.69. The van der Waals surface area contributed by atoms with Crippen molar-refractivity contribution in [1.82, 2.24) is 14.5 Å². The van der Waals surface area contributed by atoms with E-state index in [4.69, 9.17) is 0 Å². The average molecular weight is 619 g/mol. The van der Waals surface area contributed by atoms with E-state index in [-0.39, 0.29) is 10.7 Å². The first-order valence-corrected chi connectivity index (χ1v) is 15.6. The van der Waals surface area contributed by atoms with E-state index in [0.717, 1.165) is 41.3 Å². The zero-order chi connectivity index (χ0) is 31.2. The molecular formula is C33H29F3N4O3S. The summed E-state index contributed by atoms with van der Waals surface area (Å²) in [5.41, 5.74) is 5.13. The first kappa shape index (κ1) is 29.6. The number of nitrogens with zero attached hydrogens (tertiary/aromatic N) is 3. The monoisotopic (exact) mass is 618 g/mol. The lowest BCUT2D eigenvalue weighted by Crippen LogP contribution is -2.12. The molecule has 2 N–H and O–H groups in total. The molecule has 3 aromatic carbocycles. The van der Waals surface area contributed by atoms with Crippen LogP contribution in [-0.4, -0.2) is 34.1 Å². The molecule has 1 aliphatic rings. The fourth-order valence-corrected chi connectivity index (χ4v) is 6.65. The predicted molar refractivity (Wildman–Crippen MR) is 163 cm³/mol. The minimum atomic E-state index is -4.69. The third-order valence-electron chi connectivity index (χ3n) is 7.85. The van der Waals surface area contributed by atoms with Gasteiger partial charge < -0.3 is 5.32 Å². The highest BCUT2D eigenvalue weighted by Gasteiger charge is 2.36. The summed E-state index contributed by atoms with van der Waals surface area (Å²) in [5, 5.41) is 3.29. The maximum absolute atomic E-state index is 13.7. The molecule has 7 nitrogen and oxygen atoms in total. The van der Waals surface area contributed by atoms with Crippen LogP contribution < -0.4 is 5.32 Å². The van der Waals surface area contributed by atoms with Crippen molar-refractivity contribution < 1.29 is 26.1 Å². The van der Waals surface area contributed by atoms with Crippen LogP contribution in [0.1, 0.15) is 42.3 Å². The van der Waals surface area contributed by atoms with Gasteiger partial charge in [-0.2, -0.15) is 21.6 Å². The fourth-order valence-electron chi connectivity index (χ4n) is 5.74. The second kappa shape index (κ2) is 11.2. The highest BCUT2D eigenvalue weighted by atomic mass is 32.2. The highest BCUT2D eigenvalue weighted by molar-refractivity contribution is 7.86. The van der Waals surface area contributed by atoms with Crippen molar-refractivity contribution in [3.05, 3.63) is 102 Å². The third-order valence-corrected chi connectivity index (χ3v) is 8.79. The van der Waals surface area contributed by atoms with Gasteiger partial charge in [-0.3, -0.25) is 14.1 Å². The van der Waals surface area contributed by atoms with Crippen LogP contribution in [0.15, 0.2) is 84.0 Å². The van der Waals surface area contributed by atoms with Gasteiger partial charge in [0.25, 0.3) is 10.1 Å². The van der Waals surface area contributed by atoms with E-state index in [1.165, 1.54) is 4.57 Å². The lowest BCUT2D eigenvalue weighted by Gasteiger charge is -2.19. The van der Waals surface area contributed by atoms with Crippen LogP contribution >= 0.6 is 0 Å². The Balaban J connectivity index is 1.52. The van der Waals surface area contributed by atoms with Crippen LogP contribution in [0, 0.1) is 6.92 Å². The number of rotatable bonds is 8. The number of aryl methyl sites for hydroxylation is 1. The van der Waals surface area contributed by atoms with Crippen LogP contribution in [0.3, 0.4) is 0 Å². The van der Waals surface area contributed by atoms with Crippen LogP contribution in [0.25, 0.3) is 39.3 Å². The number of imidazole rings is 1. The van der Waals surface area contributed by atoms with E-state index in [1.807, 2.05) is 31.2 Å². The summed E-state index contributed by atoms with van der Waals surface area (Å²) in [6.07, 6.45) is 0.0295. The van der Waals surface area contributed by atoms with E-state index in [0.29, 0.717) is 46.7 Å². The number of nitrogens with one attached hydrogen (secondary N) is 1. The molecule has 1 aliphatic carbocycles.